The minimum absolute atomic E-state index is 0.0220. The number of hydrogen-bond acceptors (Lipinski definition) is 1. The molecule has 1 aromatic carbocycles. The van der Waals surface area contributed by atoms with Gasteiger partial charge in [0.1, 0.15) is 0 Å². The number of halogens is 2. The van der Waals surface area contributed by atoms with Crippen LogP contribution < -0.4 is 10.6 Å². The van der Waals surface area contributed by atoms with Crippen LogP contribution in [0, 0.1) is 0 Å². The van der Waals surface area contributed by atoms with E-state index in [0.29, 0.717) is 21.8 Å². The molecule has 1 amide bonds. The van der Waals surface area contributed by atoms with Crippen molar-refractivity contribution in [1.82, 2.24) is 0 Å². The van der Waals surface area contributed by atoms with E-state index in [9.17, 15) is 4.79 Å². The number of carbonyl (C=O) groups is 1. The molecular weight excluding hydrogens is 319 g/mol. The van der Waals surface area contributed by atoms with Gasteiger partial charge in [-0.15, -0.1) is 0 Å². The van der Waals surface area contributed by atoms with Gasteiger partial charge >= 0.3 is 0 Å². The molecule has 1 saturated carbocycles. The van der Waals surface area contributed by atoms with Crippen molar-refractivity contribution in [3.8, 4) is 0 Å². The SMILES string of the molecule is C[C@H]([NH2+]C1CCCCCCC1)C(=O)Nc1cc(Cl)ccc1Cl. The molecule has 0 spiro atoms. The van der Waals surface area contributed by atoms with Gasteiger partial charge in [-0.2, -0.15) is 0 Å². The van der Waals surface area contributed by atoms with Crippen LogP contribution in [0.3, 0.4) is 0 Å². The molecule has 1 atom stereocenters. The third-order valence-corrected chi connectivity index (χ3v) is 4.88. The van der Waals surface area contributed by atoms with Crippen LogP contribution in [-0.4, -0.2) is 18.0 Å². The fourth-order valence-electron chi connectivity index (χ4n) is 3.02. The highest BCUT2D eigenvalue weighted by molar-refractivity contribution is 6.35. The van der Waals surface area contributed by atoms with E-state index in [2.05, 4.69) is 10.6 Å². The van der Waals surface area contributed by atoms with E-state index in [1.165, 1.54) is 44.9 Å². The van der Waals surface area contributed by atoms with Crippen LogP contribution >= 0.6 is 23.2 Å². The van der Waals surface area contributed by atoms with Crippen LogP contribution in [-0.2, 0) is 4.79 Å². The normalized spacial score (nSPS) is 18.3. The Hall–Kier alpha value is -0.770. The molecule has 0 aromatic heterocycles. The highest BCUT2D eigenvalue weighted by Gasteiger charge is 2.23. The molecular formula is C17H25Cl2N2O+. The molecule has 1 aromatic rings. The van der Waals surface area contributed by atoms with E-state index in [1.807, 2.05) is 6.92 Å². The van der Waals surface area contributed by atoms with Gasteiger partial charge in [-0.05, 0) is 50.8 Å². The van der Waals surface area contributed by atoms with E-state index in [1.54, 1.807) is 18.2 Å². The number of anilines is 1. The summed E-state index contributed by atoms with van der Waals surface area (Å²) >= 11 is 12.0. The number of amides is 1. The van der Waals surface area contributed by atoms with Gasteiger partial charge in [-0.1, -0.05) is 42.5 Å². The summed E-state index contributed by atoms with van der Waals surface area (Å²) in [6.07, 6.45) is 8.96. The Balaban J connectivity index is 1.89. The Bertz CT molecular complexity index is 499. The molecule has 3 N–H and O–H groups in total. The van der Waals surface area contributed by atoms with Gasteiger partial charge in [-0.25, -0.2) is 0 Å². The van der Waals surface area contributed by atoms with Crippen LogP contribution in [0.4, 0.5) is 5.69 Å². The van der Waals surface area contributed by atoms with Crippen molar-refractivity contribution in [1.29, 1.82) is 0 Å². The van der Waals surface area contributed by atoms with Crippen LogP contribution in [0.5, 0.6) is 0 Å². The molecule has 3 nitrogen and oxygen atoms in total. The van der Waals surface area contributed by atoms with Crippen molar-refractivity contribution in [2.24, 2.45) is 0 Å². The van der Waals surface area contributed by atoms with E-state index in [-0.39, 0.29) is 11.9 Å². The van der Waals surface area contributed by atoms with Gasteiger partial charge in [0, 0.05) is 5.02 Å². The summed E-state index contributed by atoms with van der Waals surface area (Å²) in [6.45, 7) is 1.95. The Morgan fingerprint density at radius 3 is 2.50 bits per heavy atom. The summed E-state index contributed by atoms with van der Waals surface area (Å²) in [5, 5.41) is 6.17. The van der Waals surface area contributed by atoms with Gasteiger partial charge in [0.2, 0.25) is 0 Å². The molecule has 1 fully saturated rings. The summed E-state index contributed by atoms with van der Waals surface area (Å²) in [6, 6.07) is 5.52. The van der Waals surface area contributed by atoms with Crippen LogP contribution in [0.2, 0.25) is 10.0 Å². The second kappa shape index (κ2) is 8.76. The van der Waals surface area contributed by atoms with Gasteiger partial charge in [0.15, 0.2) is 6.04 Å². The molecule has 0 heterocycles. The van der Waals surface area contributed by atoms with Crippen molar-refractivity contribution in [3.05, 3.63) is 28.2 Å². The first kappa shape index (κ1) is 17.6. The molecule has 0 aliphatic heterocycles. The first-order valence-electron chi connectivity index (χ1n) is 8.17. The quantitative estimate of drug-likeness (QED) is 0.852. The first-order valence-corrected chi connectivity index (χ1v) is 8.93. The molecule has 0 radical (unpaired) electrons. The molecule has 22 heavy (non-hydrogen) atoms. The highest BCUT2D eigenvalue weighted by Crippen LogP contribution is 2.25. The number of nitrogens with one attached hydrogen (secondary N) is 1. The maximum Gasteiger partial charge on any atom is 0.282 e. The Morgan fingerprint density at radius 2 is 1.82 bits per heavy atom. The van der Waals surface area contributed by atoms with E-state index < -0.39 is 0 Å². The van der Waals surface area contributed by atoms with Crippen LogP contribution in [0.15, 0.2) is 18.2 Å². The predicted octanol–water partition coefficient (Wildman–Crippen LogP) is 4.00. The summed E-state index contributed by atoms with van der Waals surface area (Å²) in [7, 11) is 0. The zero-order valence-corrected chi connectivity index (χ0v) is 14.6. The van der Waals surface area contributed by atoms with Gasteiger partial charge in [-0.3, -0.25) is 4.79 Å². The molecule has 1 aliphatic rings. The van der Waals surface area contributed by atoms with Crippen molar-refractivity contribution in [2.75, 3.05) is 5.32 Å². The molecule has 0 unspecified atom stereocenters. The lowest BCUT2D eigenvalue weighted by molar-refractivity contribution is -0.707. The predicted molar refractivity (Wildman–Crippen MR) is 92.6 cm³/mol. The van der Waals surface area contributed by atoms with Crippen molar-refractivity contribution >= 4 is 34.8 Å². The number of rotatable bonds is 4. The van der Waals surface area contributed by atoms with E-state index in [4.69, 9.17) is 23.2 Å². The topological polar surface area (TPSA) is 45.7 Å². The summed E-state index contributed by atoms with van der Waals surface area (Å²) in [5.74, 6) is -0.0220. The third kappa shape index (κ3) is 5.45. The Labute approximate surface area is 142 Å². The molecule has 0 bridgehead atoms. The third-order valence-electron chi connectivity index (χ3n) is 4.31. The Kier molecular flexibility index (Phi) is 7.00. The summed E-state index contributed by atoms with van der Waals surface area (Å²) in [5.41, 5.74) is 0.581. The number of hydrogen-bond donors (Lipinski definition) is 2. The standard InChI is InChI=1S/C17H24Cl2N2O/c1-12(20-14-7-5-3-2-4-6-8-14)17(22)21-16-11-13(18)9-10-15(16)19/h9-12,14,20H,2-8H2,1H3,(H,21,22)/p+1/t12-/m0/s1. The molecule has 0 saturated heterocycles. The molecule has 2 rings (SSSR count). The lowest BCUT2D eigenvalue weighted by Crippen LogP contribution is -2.96. The second-order valence-corrected chi connectivity index (χ2v) is 7.04. The van der Waals surface area contributed by atoms with Crippen molar-refractivity contribution < 1.29 is 10.1 Å². The molecule has 1 aliphatic carbocycles. The number of carbonyl (C=O) groups excluding carboxylic acids is 1. The maximum absolute atomic E-state index is 12.4. The summed E-state index contributed by atoms with van der Waals surface area (Å²) in [4.78, 5) is 12.4. The van der Waals surface area contributed by atoms with Crippen LogP contribution in [0.1, 0.15) is 51.9 Å². The fourth-order valence-corrected chi connectivity index (χ4v) is 3.35. The van der Waals surface area contributed by atoms with Gasteiger partial charge in [0.05, 0.1) is 16.8 Å². The largest absolute Gasteiger partial charge is 0.334 e. The summed E-state index contributed by atoms with van der Waals surface area (Å²) < 4.78 is 0. The molecule has 5 heteroatoms. The highest BCUT2D eigenvalue weighted by atomic mass is 35.5. The van der Waals surface area contributed by atoms with Gasteiger partial charge < -0.3 is 10.6 Å². The fraction of sp³-hybridized carbons (Fsp3) is 0.588. The number of benzene rings is 1. The monoisotopic (exact) mass is 343 g/mol. The van der Waals surface area contributed by atoms with Crippen molar-refractivity contribution in [2.45, 2.75) is 64.0 Å². The number of nitrogens with two attached hydrogens (primary N) is 1. The zero-order chi connectivity index (χ0) is 15.9. The second-order valence-electron chi connectivity index (χ2n) is 6.20. The lowest BCUT2D eigenvalue weighted by Gasteiger charge is -2.21. The Morgan fingerprint density at radius 1 is 1.18 bits per heavy atom. The number of quaternary nitrogens is 1. The smallest absolute Gasteiger partial charge is 0.282 e. The zero-order valence-electron chi connectivity index (χ0n) is 13.1. The van der Waals surface area contributed by atoms with Gasteiger partial charge in [0.25, 0.3) is 5.91 Å². The van der Waals surface area contributed by atoms with E-state index in [0.717, 1.165) is 0 Å². The lowest BCUT2D eigenvalue weighted by atomic mass is 9.96. The average Bonchev–Trinajstić information content (AvgIpc) is 2.45. The van der Waals surface area contributed by atoms with Crippen LogP contribution in [0.25, 0.3) is 0 Å². The minimum Gasteiger partial charge on any atom is -0.334 e. The first-order chi connectivity index (χ1) is 10.6. The average molecular weight is 344 g/mol. The van der Waals surface area contributed by atoms with E-state index >= 15 is 0 Å². The maximum atomic E-state index is 12.4. The van der Waals surface area contributed by atoms with Crippen molar-refractivity contribution in [3.63, 3.8) is 0 Å². The minimum atomic E-state index is -0.125. The molecule has 122 valence electrons.